The van der Waals surface area contributed by atoms with Crippen molar-refractivity contribution in [2.75, 3.05) is 19.7 Å². The number of carboxylic acids is 1. The van der Waals surface area contributed by atoms with E-state index >= 15 is 0 Å². The SMILES string of the molecule is CCC1OCCC1C(=O)N1CCC(CCC(=O)O)C1. The van der Waals surface area contributed by atoms with Crippen LogP contribution in [0.15, 0.2) is 0 Å². The molecule has 0 radical (unpaired) electrons. The maximum Gasteiger partial charge on any atom is 0.303 e. The molecule has 5 heteroatoms. The normalized spacial score (nSPS) is 30.8. The molecule has 2 heterocycles. The first kappa shape index (κ1) is 14.3. The Hall–Kier alpha value is -1.10. The maximum atomic E-state index is 12.4. The van der Waals surface area contributed by atoms with Crippen LogP contribution in [0.4, 0.5) is 0 Å². The Bertz CT molecular complexity index is 344. The number of rotatable bonds is 5. The molecule has 5 nitrogen and oxygen atoms in total. The van der Waals surface area contributed by atoms with Gasteiger partial charge in [0.1, 0.15) is 0 Å². The summed E-state index contributed by atoms with van der Waals surface area (Å²) >= 11 is 0. The number of carbonyl (C=O) groups excluding carboxylic acids is 1. The van der Waals surface area contributed by atoms with Crippen LogP contribution in [0.25, 0.3) is 0 Å². The predicted molar refractivity (Wildman–Crippen MR) is 69.7 cm³/mol. The van der Waals surface area contributed by atoms with Gasteiger partial charge < -0.3 is 14.7 Å². The summed E-state index contributed by atoms with van der Waals surface area (Å²) < 4.78 is 5.58. The summed E-state index contributed by atoms with van der Waals surface area (Å²) in [6, 6.07) is 0. The van der Waals surface area contributed by atoms with Crippen LogP contribution in [-0.4, -0.2) is 47.7 Å². The van der Waals surface area contributed by atoms with Gasteiger partial charge in [0, 0.05) is 26.1 Å². The van der Waals surface area contributed by atoms with Gasteiger partial charge >= 0.3 is 5.97 Å². The fourth-order valence-corrected chi connectivity index (χ4v) is 3.16. The number of hydrogen-bond donors (Lipinski definition) is 1. The zero-order chi connectivity index (χ0) is 13.8. The largest absolute Gasteiger partial charge is 0.481 e. The summed E-state index contributed by atoms with van der Waals surface area (Å²) in [5.74, 6) is -0.173. The van der Waals surface area contributed by atoms with Gasteiger partial charge in [0.2, 0.25) is 5.91 Å². The summed E-state index contributed by atoms with van der Waals surface area (Å²) in [6.45, 7) is 4.23. The van der Waals surface area contributed by atoms with E-state index in [2.05, 4.69) is 6.92 Å². The van der Waals surface area contributed by atoms with Crippen molar-refractivity contribution in [1.29, 1.82) is 0 Å². The van der Waals surface area contributed by atoms with Crippen LogP contribution in [0.5, 0.6) is 0 Å². The molecule has 0 aromatic heterocycles. The maximum absolute atomic E-state index is 12.4. The molecule has 2 aliphatic heterocycles. The fourth-order valence-electron chi connectivity index (χ4n) is 3.16. The molecule has 3 atom stereocenters. The van der Waals surface area contributed by atoms with Gasteiger partial charge in [0.15, 0.2) is 0 Å². The highest BCUT2D eigenvalue weighted by Crippen LogP contribution is 2.29. The molecule has 1 amide bonds. The van der Waals surface area contributed by atoms with Crippen LogP contribution in [0, 0.1) is 11.8 Å². The zero-order valence-electron chi connectivity index (χ0n) is 11.5. The van der Waals surface area contributed by atoms with Crippen molar-refractivity contribution >= 4 is 11.9 Å². The van der Waals surface area contributed by atoms with Crippen molar-refractivity contribution in [2.45, 2.75) is 45.1 Å². The minimum atomic E-state index is -0.750. The molecule has 2 saturated heterocycles. The molecular weight excluding hydrogens is 246 g/mol. The second-order valence-corrected chi connectivity index (χ2v) is 5.58. The van der Waals surface area contributed by atoms with E-state index < -0.39 is 5.97 Å². The molecule has 0 bridgehead atoms. The highest BCUT2D eigenvalue weighted by atomic mass is 16.5. The van der Waals surface area contributed by atoms with Crippen LogP contribution in [0.3, 0.4) is 0 Å². The first-order valence-electron chi connectivity index (χ1n) is 7.24. The molecule has 108 valence electrons. The molecule has 2 fully saturated rings. The Balaban J connectivity index is 1.83. The van der Waals surface area contributed by atoms with E-state index in [1.54, 1.807) is 0 Å². The summed E-state index contributed by atoms with van der Waals surface area (Å²) in [6.07, 6.45) is 3.60. The van der Waals surface area contributed by atoms with Crippen molar-refractivity contribution in [3.63, 3.8) is 0 Å². The van der Waals surface area contributed by atoms with E-state index in [9.17, 15) is 9.59 Å². The highest BCUT2D eigenvalue weighted by molar-refractivity contribution is 5.80. The van der Waals surface area contributed by atoms with E-state index in [1.807, 2.05) is 4.90 Å². The Morgan fingerprint density at radius 1 is 1.37 bits per heavy atom. The second kappa shape index (κ2) is 6.37. The molecule has 0 saturated carbocycles. The van der Waals surface area contributed by atoms with E-state index in [0.29, 0.717) is 18.9 Å². The third kappa shape index (κ3) is 3.47. The number of nitrogens with zero attached hydrogens (tertiary/aromatic N) is 1. The van der Waals surface area contributed by atoms with E-state index in [4.69, 9.17) is 9.84 Å². The molecule has 2 aliphatic rings. The highest BCUT2D eigenvalue weighted by Gasteiger charge is 2.37. The predicted octanol–water partition coefficient (Wildman–Crippen LogP) is 1.51. The van der Waals surface area contributed by atoms with Crippen molar-refractivity contribution in [3.05, 3.63) is 0 Å². The first-order chi connectivity index (χ1) is 9.11. The van der Waals surface area contributed by atoms with Crippen molar-refractivity contribution in [2.24, 2.45) is 11.8 Å². The molecule has 0 aromatic carbocycles. The molecule has 3 unspecified atom stereocenters. The molecule has 0 spiro atoms. The summed E-state index contributed by atoms with van der Waals surface area (Å²) in [4.78, 5) is 24.9. The third-order valence-corrected chi connectivity index (χ3v) is 4.29. The van der Waals surface area contributed by atoms with Gasteiger partial charge in [0.05, 0.1) is 12.0 Å². The van der Waals surface area contributed by atoms with E-state index in [-0.39, 0.29) is 24.3 Å². The fraction of sp³-hybridized carbons (Fsp3) is 0.857. The third-order valence-electron chi connectivity index (χ3n) is 4.29. The lowest BCUT2D eigenvalue weighted by Crippen LogP contribution is -2.37. The number of amides is 1. The topological polar surface area (TPSA) is 66.8 Å². The van der Waals surface area contributed by atoms with Gasteiger partial charge in [-0.15, -0.1) is 0 Å². The van der Waals surface area contributed by atoms with Crippen LogP contribution in [-0.2, 0) is 14.3 Å². The first-order valence-corrected chi connectivity index (χ1v) is 7.24. The standard InChI is InChI=1S/C14H23NO4/c1-2-12-11(6-8-19-12)14(18)15-7-5-10(9-15)3-4-13(16)17/h10-12H,2-9H2,1H3,(H,16,17). The lowest BCUT2D eigenvalue weighted by atomic mass is 9.98. The van der Waals surface area contributed by atoms with Crippen LogP contribution < -0.4 is 0 Å². The van der Waals surface area contributed by atoms with Gasteiger partial charge in [0.25, 0.3) is 0 Å². The Kier molecular flexibility index (Phi) is 4.80. The summed E-state index contributed by atoms with van der Waals surface area (Å²) in [5, 5.41) is 8.69. The van der Waals surface area contributed by atoms with Gasteiger partial charge in [-0.3, -0.25) is 9.59 Å². The quantitative estimate of drug-likeness (QED) is 0.821. The lowest BCUT2D eigenvalue weighted by Gasteiger charge is -2.23. The van der Waals surface area contributed by atoms with Crippen molar-refractivity contribution in [1.82, 2.24) is 4.90 Å². The monoisotopic (exact) mass is 269 g/mol. The molecular formula is C14H23NO4. The molecule has 0 aromatic rings. The lowest BCUT2D eigenvalue weighted by molar-refractivity contribution is -0.137. The van der Waals surface area contributed by atoms with Gasteiger partial charge in [-0.25, -0.2) is 0 Å². The summed E-state index contributed by atoms with van der Waals surface area (Å²) in [7, 11) is 0. The number of carboxylic acid groups (broad SMARTS) is 1. The number of aliphatic carboxylic acids is 1. The van der Waals surface area contributed by atoms with E-state index in [0.717, 1.165) is 32.4 Å². The molecule has 2 rings (SSSR count). The van der Waals surface area contributed by atoms with Gasteiger partial charge in [-0.1, -0.05) is 6.92 Å². The average Bonchev–Trinajstić information content (AvgIpc) is 3.04. The number of carbonyl (C=O) groups is 2. The Morgan fingerprint density at radius 2 is 2.16 bits per heavy atom. The molecule has 1 N–H and O–H groups in total. The number of ether oxygens (including phenoxy) is 1. The summed E-state index contributed by atoms with van der Waals surface area (Å²) in [5.41, 5.74) is 0. The number of hydrogen-bond acceptors (Lipinski definition) is 3. The van der Waals surface area contributed by atoms with Gasteiger partial charge in [-0.2, -0.15) is 0 Å². The van der Waals surface area contributed by atoms with Gasteiger partial charge in [-0.05, 0) is 31.6 Å². The minimum Gasteiger partial charge on any atom is -0.481 e. The average molecular weight is 269 g/mol. The smallest absolute Gasteiger partial charge is 0.303 e. The Morgan fingerprint density at radius 3 is 2.84 bits per heavy atom. The molecule has 19 heavy (non-hydrogen) atoms. The van der Waals surface area contributed by atoms with Crippen LogP contribution in [0.1, 0.15) is 39.0 Å². The Labute approximate surface area is 113 Å². The van der Waals surface area contributed by atoms with Crippen molar-refractivity contribution in [3.8, 4) is 0 Å². The van der Waals surface area contributed by atoms with E-state index in [1.165, 1.54) is 0 Å². The minimum absolute atomic E-state index is 0.0169. The zero-order valence-corrected chi connectivity index (χ0v) is 11.5. The van der Waals surface area contributed by atoms with Crippen molar-refractivity contribution < 1.29 is 19.4 Å². The molecule has 0 aliphatic carbocycles. The van der Waals surface area contributed by atoms with Crippen LogP contribution in [0.2, 0.25) is 0 Å². The number of likely N-dealkylation sites (tertiary alicyclic amines) is 1. The second-order valence-electron chi connectivity index (χ2n) is 5.58. The van der Waals surface area contributed by atoms with Crippen LogP contribution >= 0.6 is 0 Å².